The Hall–Kier alpha value is -3.01. The number of fused-ring (bicyclic) bond motifs is 3. The number of hydrogen-bond donors (Lipinski definition) is 1. The molecule has 0 saturated carbocycles. The van der Waals surface area contributed by atoms with Gasteiger partial charge in [-0.05, 0) is 49.1 Å². The van der Waals surface area contributed by atoms with E-state index in [1.807, 2.05) is 18.2 Å². The topological polar surface area (TPSA) is 54.9 Å². The quantitative estimate of drug-likeness (QED) is 0.578. The van der Waals surface area contributed by atoms with E-state index in [2.05, 4.69) is 55.6 Å². The number of benzene rings is 2. The van der Waals surface area contributed by atoms with Gasteiger partial charge in [0.2, 0.25) is 5.91 Å². The third-order valence-electron chi connectivity index (χ3n) is 5.52. The number of nitrogens with one attached hydrogen (secondary N) is 1. The molecule has 4 rings (SSSR count). The van der Waals surface area contributed by atoms with Crippen LogP contribution >= 0.6 is 0 Å². The molecule has 0 radical (unpaired) electrons. The molecule has 0 fully saturated rings. The maximum absolute atomic E-state index is 12.6. The minimum absolute atomic E-state index is 0.0152. The minimum Gasteiger partial charge on any atom is -0.309 e. The molecular weight excluding hydrogens is 370 g/mol. The summed E-state index contributed by atoms with van der Waals surface area (Å²) in [4.78, 5) is 22.5. The summed E-state index contributed by atoms with van der Waals surface area (Å²) in [5, 5.41) is 3.06. The van der Waals surface area contributed by atoms with Gasteiger partial charge in [-0.15, -0.1) is 0 Å². The predicted octanol–water partition coefficient (Wildman–Crippen LogP) is 5.40. The van der Waals surface area contributed by atoms with Crippen molar-refractivity contribution in [2.45, 2.75) is 52.4 Å². The van der Waals surface area contributed by atoms with E-state index < -0.39 is 0 Å². The molecule has 2 aromatic carbocycles. The highest BCUT2D eigenvalue weighted by atomic mass is 16.1. The van der Waals surface area contributed by atoms with Crippen LogP contribution in [0.2, 0.25) is 0 Å². The molecule has 1 aromatic heterocycles. The van der Waals surface area contributed by atoms with Crippen molar-refractivity contribution in [3.8, 4) is 11.3 Å². The van der Waals surface area contributed by atoms with E-state index in [1.54, 1.807) is 0 Å². The molecule has 1 N–H and O–H groups in total. The molecule has 0 bridgehead atoms. The maximum Gasteiger partial charge on any atom is 0.225 e. The van der Waals surface area contributed by atoms with Gasteiger partial charge in [-0.25, -0.2) is 9.97 Å². The van der Waals surface area contributed by atoms with Crippen LogP contribution in [0.3, 0.4) is 0 Å². The predicted molar refractivity (Wildman–Crippen MR) is 121 cm³/mol. The number of rotatable bonds is 7. The Morgan fingerprint density at radius 3 is 2.57 bits per heavy atom. The van der Waals surface area contributed by atoms with Crippen LogP contribution in [0.4, 0.5) is 5.82 Å². The highest BCUT2D eigenvalue weighted by molar-refractivity contribution is 5.90. The normalized spacial score (nSPS) is 12.4. The Morgan fingerprint density at radius 2 is 1.77 bits per heavy atom. The molecule has 1 aliphatic carbocycles. The molecule has 0 unspecified atom stereocenters. The molecule has 1 aliphatic rings. The average Bonchev–Trinajstić information content (AvgIpc) is 2.74. The molecule has 4 heteroatoms. The van der Waals surface area contributed by atoms with E-state index in [1.165, 1.54) is 16.7 Å². The Kier molecular flexibility index (Phi) is 6.22. The lowest BCUT2D eigenvalue weighted by atomic mass is 9.91. The summed E-state index contributed by atoms with van der Waals surface area (Å²) in [5.41, 5.74) is 6.62. The Labute approximate surface area is 178 Å². The summed E-state index contributed by atoms with van der Waals surface area (Å²) < 4.78 is 0. The summed E-state index contributed by atoms with van der Waals surface area (Å²) in [6.45, 7) is 4.33. The molecular formula is C26H29N3O. The zero-order valence-corrected chi connectivity index (χ0v) is 17.8. The van der Waals surface area contributed by atoms with E-state index in [-0.39, 0.29) is 5.91 Å². The molecule has 0 aliphatic heterocycles. The van der Waals surface area contributed by atoms with Gasteiger partial charge in [0.05, 0.1) is 17.1 Å². The molecule has 0 saturated heterocycles. The molecule has 1 heterocycles. The van der Waals surface area contributed by atoms with Gasteiger partial charge < -0.3 is 5.32 Å². The van der Waals surface area contributed by atoms with Crippen LogP contribution in [0, 0.1) is 5.92 Å². The van der Waals surface area contributed by atoms with Gasteiger partial charge in [-0.2, -0.15) is 0 Å². The van der Waals surface area contributed by atoms with Crippen LogP contribution < -0.4 is 5.32 Å². The van der Waals surface area contributed by atoms with Crippen LogP contribution in [-0.2, 0) is 30.5 Å². The number of aromatic nitrogens is 2. The summed E-state index contributed by atoms with van der Waals surface area (Å²) in [6, 6.07) is 18.7. The number of hydrogen-bond acceptors (Lipinski definition) is 3. The maximum atomic E-state index is 12.6. The highest BCUT2D eigenvalue weighted by Crippen LogP contribution is 2.33. The standard InChI is InChI=1S/C26H29N3O/c1-18(2)17-23-26(29-24(30)14-8-11-19-9-4-3-5-10-19)28-22-16-15-20-12-6-7-13-21(20)25(22)27-23/h3-7,9-10,12-13,18H,8,11,14-17H2,1-2H3,(H,28,29,30). The zero-order chi connectivity index (χ0) is 20.9. The van der Waals surface area contributed by atoms with Crippen molar-refractivity contribution in [2.24, 2.45) is 5.92 Å². The van der Waals surface area contributed by atoms with Crippen molar-refractivity contribution in [3.05, 3.63) is 77.1 Å². The first-order valence-electron chi connectivity index (χ1n) is 10.9. The van der Waals surface area contributed by atoms with Gasteiger partial charge in [-0.3, -0.25) is 4.79 Å². The number of carbonyl (C=O) groups is 1. The van der Waals surface area contributed by atoms with Crippen molar-refractivity contribution < 1.29 is 4.79 Å². The van der Waals surface area contributed by atoms with Gasteiger partial charge in [0.15, 0.2) is 5.82 Å². The highest BCUT2D eigenvalue weighted by Gasteiger charge is 2.22. The van der Waals surface area contributed by atoms with E-state index in [0.29, 0.717) is 18.2 Å². The molecule has 154 valence electrons. The van der Waals surface area contributed by atoms with Crippen LogP contribution in [-0.4, -0.2) is 15.9 Å². The van der Waals surface area contributed by atoms with Gasteiger partial charge in [-0.1, -0.05) is 68.4 Å². The minimum atomic E-state index is 0.0152. The van der Waals surface area contributed by atoms with Gasteiger partial charge >= 0.3 is 0 Å². The summed E-state index contributed by atoms with van der Waals surface area (Å²) >= 11 is 0. The fourth-order valence-corrected chi connectivity index (χ4v) is 4.04. The third-order valence-corrected chi connectivity index (χ3v) is 5.52. The molecule has 4 nitrogen and oxygen atoms in total. The second-order valence-corrected chi connectivity index (χ2v) is 8.46. The lowest BCUT2D eigenvalue weighted by molar-refractivity contribution is -0.116. The van der Waals surface area contributed by atoms with Crippen LogP contribution in [0.5, 0.6) is 0 Å². The summed E-state index contributed by atoms with van der Waals surface area (Å²) in [7, 11) is 0. The monoisotopic (exact) mass is 399 g/mol. The van der Waals surface area contributed by atoms with Crippen molar-refractivity contribution in [3.63, 3.8) is 0 Å². The number of carbonyl (C=O) groups excluding carboxylic acids is 1. The second kappa shape index (κ2) is 9.21. The first-order valence-corrected chi connectivity index (χ1v) is 10.9. The summed E-state index contributed by atoms with van der Waals surface area (Å²) in [5.74, 6) is 1.10. The fraction of sp³-hybridized carbons (Fsp3) is 0.346. The van der Waals surface area contributed by atoms with E-state index in [0.717, 1.165) is 49.2 Å². The molecule has 0 spiro atoms. The van der Waals surface area contributed by atoms with Gasteiger partial charge in [0.25, 0.3) is 0 Å². The van der Waals surface area contributed by atoms with Crippen LogP contribution in [0.1, 0.15) is 49.2 Å². The van der Waals surface area contributed by atoms with Crippen molar-refractivity contribution in [1.29, 1.82) is 0 Å². The zero-order valence-electron chi connectivity index (χ0n) is 17.8. The lowest BCUT2D eigenvalue weighted by Crippen LogP contribution is -2.19. The second-order valence-electron chi connectivity index (χ2n) is 8.46. The van der Waals surface area contributed by atoms with Crippen molar-refractivity contribution >= 4 is 11.7 Å². The number of amides is 1. The fourth-order valence-electron chi connectivity index (χ4n) is 4.04. The van der Waals surface area contributed by atoms with Crippen LogP contribution in [0.15, 0.2) is 54.6 Å². The van der Waals surface area contributed by atoms with Gasteiger partial charge in [0.1, 0.15) is 0 Å². The van der Waals surface area contributed by atoms with Crippen molar-refractivity contribution in [1.82, 2.24) is 9.97 Å². The Balaban J connectivity index is 1.51. The number of anilines is 1. The van der Waals surface area contributed by atoms with E-state index in [4.69, 9.17) is 9.97 Å². The largest absolute Gasteiger partial charge is 0.309 e. The first kappa shape index (κ1) is 20.3. The molecule has 0 atom stereocenters. The van der Waals surface area contributed by atoms with Crippen molar-refractivity contribution in [2.75, 3.05) is 5.32 Å². The SMILES string of the molecule is CC(C)Cc1nc2c(nc1NC(=O)CCCc1ccccc1)CCc1ccccc1-2. The van der Waals surface area contributed by atoms with E-state index in [9.17, 15) is 4.79 Å². The van der Waals surface area contributed by atoms with Crippen LogP contribution in [0.25, 0.3) is 11.3 Å². The Bertz CT molecular complexity index is 1030. The third kappa shape index (κ3) is 4.76. The molecule has 30 heavy (non-hydrogen) atoms. The smallest absolute Gasteiger partial charge is 0.225 e. The lowest BCUT2D eigenvalue weighted by Gasteiger charge is -2.21. The average molecular weight is 400 g/mol. The molecule has 3 aromatic rings. The molecule has 1 amide bonds. The van der Waals surface area contributed by atoms with Gasteiger partial charge in [0, 0.05) is 12.0 Å². The Morgan fingerprint density at radius 1 is 1.00 bits per heavy atom. The summed E-state index contributed by atoms with van der Waals surface area (Å²) in [6.07, 6.45) is 4.82. The first-order chi connectivity index (χ1) is 14.6. The van der Waals surface area contributed by atoms with E-state index >= 15 is 0 Å². The number of nitrogens with zero attached hydrogens (tertiary/aromatic N) is 2. The number of aryl methyl sites for hydroxylation is 3.